The number of halogens is 1. The van der Waals surface area contributed by atoms with Gasteiger partial charge in [0.1, 0.15) is 16.2 Å². The molecule has 3 rings (SSSR count). The molecule has 25 heavy (non-hydrogen) atoms. The van der Waals surface area contributed by atoms with Crippen LogP contribution in [0.2, 0.25) is 0 Å². The maximum absolute atomic E-state index is 12.2. The predicted molar refractivity (Wildman–Crippen MR) is 90.4 cm³/mol. The first-order chi connectivity index (χ1) is 11.6. The molecule has 10 heteroatoms. The third-order valence-electron chi connectivity index (χ3n) is 3.45. The van der Waals surface area contributed by atoms with E-state index in [9.17, 15) is 28.5 Å². The lowest BCUT2D eigenvalue weighted by atomic mass is 10.1. The Morgan fingerprint density at radius 1 is 0.960 bits per heavy atom. The smallest absolute Gasteiger partial charge is 0.298 e. The topological polar surface area (TPSA) is 145 Å². The van der Waals surface area contributed by atoms with E-state index >= 15 is 0 Å². The van der Waals surface area contributed by atoms with Crippen molar-refractivity contribution >= 4 is 37.0 Å². The van der Waals surface area contributed by atoms with Gasteiger partial charge in [0.25, 0.3) is 10.1 Å². The van der Waals surface area contributed by atoms with E-state index in [4.69, 9.17) is 8.97 Å². The number of phenols is 3. The van der Waals surface area contributed by atoms with Crippen LogP contribution in [0.1, 0.15) is 0 Å². The Labute approximate surface area is 148 Å². The maximum Gasteiger partial charge on any atom is 0.298 e. The van der Waals surface area contributed by atoms with Crippen molar-refractivity contribution in [3.05, 3.63) is 45.0 Å². The van der Waals surface area contributed by atoms with Gasteiger partial charge in [-0.05, 0) is 24.3 Å². The van der Waals surface area contributed by atoms with Gasteiger partial charge in [-0.1, -0.05) is 15.9 Å². The fourth-order valence-corrected chi connectivity index (χ4v) is 3.24. The van der Waals surface area contributed by atoms with Crippen LogP contribution in [-0.4, -0.2) is 28.3 Å². The van der Waals surface area contributed by atoms with Crippen molar-refractivity contribution in [3.8, 4) is 28.6 Å². The molecule has 0 spiro atoms. The lowest BCUT2D eigenvalue weighted by Crippen LogP contribution is -2.02. The Bertz CT molecular complexity index is 1180. The molecule has 0 saturated heterocycles. The lowest BCUT2D eigenvalue weighted by molar-refractivity contribution is 0.359. The fraction of sp³-hybridized carbons (Fsp3) is 0. The molecule has 0 bridgehead atoms. The van der Waals surface area contributed by atoms with Crippen molar-refractivity contribution in [2.75, 3.05) is 0 Å². The van der Waals surface area contributed by atoms with Crippen molar-refractivity contribution in [2.45, 2.75) is 4.90 Å². The second kappa shape index (κ2) is 5.76. The average Bonchev–Trinajstić information content (AvgIpc) is 2.52. The van der Waals surface area contributed by atoms with E-state index in [1.165, 1.54) is 12.1 Å². The first-order valence-corrected chi connectivity index (χ1v) is 8.82. The van der Waals surface area contributed by atoms with Gasteiger partial charge in [-0.15, -0.1) is 0 Å². The number of phenolic OH excluding ortho intramolecular Hbond substituents is 3. The average molecular weight is 429 g/mol. The molecule has 3 aromatic rings. The van der Waals surface area contributed by atoms with Crippen LogP contribution in [0.3, 0.4) is 0 Å². The molecule has 0 unspecified atom stereocenters. The molecular weight excluding hydrogens is 420 g/mol. The minimum absolute atomic E-state index is 0.145. The van der Waals surface area contributed by atoms with Crippen LogP contribution in [-0.2, 0) is 10.1 Å². The summed E-state index contributed by atoms with van der Waals surface area (Å²) in [5, 5.41) is 29.5. The van der Waals surface area contributed by atoms with E-state index in [0.717, 1.165) is 6.07 Å². The van der Waals surface area contributed by atoms with Gasteiger partial charge >= 0.3 is 0 Å². The summed E-state index contributed by atoms with van der Waals surface area (Å²) in [5.74, 6) is -3.58. The number of fused-ring (bicyclic) bond motifs is 1. The van der Waals surface area contributed by atoms with Crippen LogP contribution in [0.15, 0.2) is 48.9 Å². The standard InChI is InChI=1S/C15H9BrO8S/c16-6-1-2-10-7(3-6)9(17)5-11(24-10)8-4-12(25(21,22)23)14(19)15(20)13(8)18/h1-5,18-20H,(H,21,22,23). The van der Waals surface area contributed by atoms with Crippen LogP contribution in [0.5, 0.6) is 17.2 Å². The van der Waals surface area contributed by atoms with Gasteiger partial charge in [-0.2, -0.15) is 8.42 Å². The Kier molecular flexibility index (Phi) is 3.98. The van der Waals surface area contributed by atoms with Crippen LogP contribution in [0, 0.1) is 0 Å². The minimum atomic E-state index is -4.91. The largest absolute Gasteiger partial charge is 0.504 e. The van der Waals surface area contributed by atoms with Crippen LogP contribution in [0.25, 0.3) is 22.3 Å². The summed E-state index contributed by atoms with van der Waals surface area (Å²) in [6, 6.07) is 6.26. The van der Waals surface area contributed by atoms with E-state index in [2.05, 4.69) is 15.9 Å². The molecule has 0 aliphatic heterocycles. The molecule has 130 valence electrons. The molecule has 8 nitrogen and oxygen atoms in total. The quantitative estimate of drug-likeness (QED) is 0.359. The molecule has 0 aliphatic carbocycles. The van der Waals surface area contributed by atoms with Crippen molar-refractivity contribution in [1.82, 2.24) is 0 Å². The zero-order valence-electron chi connectivity index (χ0n) is 12.1. The summed E-state index contributed by atoms with van der Waals surface area (Å²) < 4.78 is 37.9. The van der Waals surface area contributed by atoms with Gasteiger partial charge in [-0.25, -0.2) is 0 Å². The Morgan fingerprint density at radius 2 is 1.64 bits per heavy atom. The van der Waals surface area contributed by atoms with Crippen LogP contribution < -0.4 is 5.43 Å². The number of rotatable bonds is 2. The Hall–Kier alpha value is -2.56. The van der Waals surface area contributed by atoms with Crippen molar-refractivity contribution in [2.24, 2.45) is 0 Å². The number of aromatic hydroxyl groups is 3. The molecule has 0 fully saturated rings. The van der Waals surface area contributed by atoms with E-state index in [1.807, 2.05) is 0 Å². The highest BCUT2D eigenvalue weighted by atomic mass is 79.9. The van der Waals surface area contributed by atoms with Gasteiger partial charge in [-0.3, -0.25) is 9.35 Å². The zero-order valence-corrected chi connectivity index (χ0v) is 14.5. The number of benzene rings is 2. The van der Waals surface area contributed by atoms with E-state index < -0.39 is 43.3 Å². The van der Waals surface area contributed by atoms with Crippen molar-refractivity contribution < 1.29 is 32.7 Å². The third-order valence-corrected chi connectivity index (χ3v) is 4.81. The first-order valence-electron chi connectivity index (χ1n) is 6.58. The third kappa shape index (κ3) is 2.95. The maximum atomic E-state index is 12.2. The molecule has 0 aliphatic rings. The van der Waals surface area contributed by atoms with Crippen molar-refractivity contribution in [1.29, 1.82) is 0 Å². The summed E-state index contributed by atoms with van der Waals surface area (Å²) in [4.78, 5) is 11.2. The molecule has 0 atom stereocenters. The fourth-order valence-electron chi connectivity index (χ4n) is 2.27. The van der Waals surface area contributed by atoms with Gasteiger partial charge < -0.3 is 19.7 Å². The molecule has 4 N–H and O–H groups in total. The van der Waals surface area contributed by atoms with Gasteiger partial charge in [0, 0.05) is 10.5 Å². The Morgan fingerprint density at radius 3 is 2.28 bits per heavy atom. The molecule has 1 aromatic heterocycles. The molecule has 2 aromatic carbocycles. The highest BCUT2D eigenvalue weighted by Gasteiger charge is 2.26. The van der Waals surface area contributed by atoms with Gasteiger partial charge in [0.05, 0.1) is 10.9 Å². The van der Waals surface area contributed by atoms with E-state index in [-0.39, 0.29) is 16.7 Å². The van der Waals surface area contributed by atoms with Crippen molar-refractivity contribution in [3.63, 3.8) is 0 Å². The molecule has 0 radical (unpaired) electrons. The zero-order chi connectivity index (χ0) is 18.5. The highest BCUT2D eigenvalue weighted by Crippen LogP contribution is 2.46. The molecular formula is C15H9BrO8S. The van der Waals surface area contributed by atoms with E-state index in [1.54, 1.807) is 6.07 Å². The lowest BCUT2D eigenvalue weighted by Gasteiger charge is -2.11. The van der Waals surface area contributed by atoms with E-state index in [0.29, 0.717) is 10.5 Å². The monoisotopic (exact) mass is 428 g/mol. The number of hydrogen-bond acceptors (Lipinski definition) is 7. The highest BCUT2D eigenvalue weighted by molar-refractivity contribution is 9.10. The molecule has 1 heterocycles. The summed E-state index contributed by atoms with van der Waals surface area (Å²) in [6.45, 7) is 0. The van der Waals surface area contributed by atoms with Gasteiger partial charge in [0.2, 0.25) is 5.75 Å². The minimum Gasteiger partial charge on any atom is -0.504 e. The summed E-state index contributed by atoms with van der Waals surface area (Å²) >= 11 is 3.21. The summed E-state index contributed by atoms with van der Waals surface area (Å²) in [6.07, 6.45) is 0. The Balaban J connectivity index is 2.37. The SMILES string of the molecule is O=c1cc(-c2cc(S(=O)(=O)O)c(O)c(O)c2O)oc2ccc(Br)cc12. The molecule has 0 amide bonds. The molecule has 0 saturated carbocycles. The summed E-state index contributed by atoms with van der Waals surface area (Å²) in [5.41, 5.74) is -0.742. The van der Waals surface area contributed by atoms with Crippen LogP contribution in [0.4, 0.5) is 0 Å². The second-order valence-corrected chi connectivity index (χ2v) is 7.36. The normalized spacial score (nSPS) is 11.8. The second-order valence-electron chi connectivity index (χ2n) is 5.06. The van der Waals surface area contributed by atoms with Crippen LogP contribution >= 0.6 is 15.9 Å². The van der Waals surface area contributed by atoms with Gasteiger partial charge in [0.15, 0.2) is 16.9 Å². The number of hydrogen-bond donors (Lipinski definition) is 4. The first kappa shape index (κ1) is 17.3. The summed E-state index contributed by atoms with van der Waals surface area (Å²) in [7, 11) is -4.91. The predicted octanol–water partition coefficient (Wildman–Crippen LogP) is 2.59.